The van der Waals surface area contributed by atoms with Crippen LogP contribution in [0.2, 0.25) is 0 Å². The first-order chi connectivity index (χ1) is 18.9. The number of carbonyl (C=O) groups excluding carboxylic acids is 3. The fourth-order valence-corrected chi connectivity index (χ4v) is 6.40. The highest BCUT2D eigenvalue weighted by Crippen LogP contribution is 2.53. The molecule has 208 valence electrons. The molecule has 4 unspecified atom stereocenters. The number of carbonyl (C=O) groups is 3. The number of hydrogen-bond acceptors (Lipinski definition) is 9. The maximum absolute atomic E-state index is 13.9. The van der Waals surface area contributed by atoms with Gasteiger partial charge in [-0.05, 0) is 67.7 Å². The van der Waals surface area contributed by atoms with Crippen molar-refractivity contribution in [3.8, 4) is 16.9 Å². The Bertz CT molecular complexity index is 1540. The molecule has 1 saturated carbocycles. The Balaban J connectivity index is 1.67. The van der Waals surface area contributed by atoms with Crippen molar-refractivity contribution < 1.29 is 34.8 Å². The zero-order chi connectivity index (χ0) is 29.1. The van der Waals surface area contributed by atoms with Crippen LogP contribution in [0.25, 0.3) is 16.9 Å². The number of phenolic OH excluding ortho intramolecular Hbond substituents is 1. The van der Waals surface area contributed by atoms with Crippen LogP contribution < -0.4 is 11.1 Å². The lowest BCUT2D eigenvalue weighted by atomic mass is 9.57. The van der Waals surface area contributed by atoms with Crippen molar-refractivity contribution in [2.75, 3.05) is 26.5 Å². The molecule has 0 bridgehead atoms. The molecule has 2 aromatic carbocycles. The summed E-state index contributed by atoms with van der Waals surface area (Å²) in [5, 5.41) is 47.8. The number of nitrogens with zero attached hydrogens (tertiary/aromatic N) is 2. The van der Waals surface area contributed by atoms with Crippen LogP contribution in [-0.2, 0) is 20.8 Å². The predicted molar refractivity (Wildman–Crippen MR) is 148 cm³/mol. The second-order valence-corrected chi connectivity index (χ2v) is 10.6. The molecule has 3 aliphatic carbocycles. The van der Waals surface area contributed by atoms with Gasteiger partial charge in [0.2, 0.25) is 5.78 Å². The molecule has 0 radical (unpaired) electrons. The topological polar surface area (TPSA) is 186 Å². The highest BCUT2D eigenvalue weighted by molar-refractivity contribution is 6.24. The number of amides is 1. The number of benzene rings is 2. The number of aliphatic imine (C=N–C) groups is 1. The van der Waals surface area contributed by atoms with Crippen LogP contribution in [0, 0.1) is 11.8 Å². The van der Waals surface area contributed by atoms with E-state index in [0.29, 0.717) is 5.56 Å². The number of aromatic hydroxyl groups is 1. The first-order valence-electron chi connectivity index (χ1n) is 12.7. The quantitative estimate of drug-likeness (QED) is 0.184. The normalized spacial score (nSPS) is 26.2. The molecule has 0 heterocycles. The summed E-state index contributed by atoms with van der Waals surface area (Å²) >= 11 is 0. The molecule has 1 fully saturated rings. The van der Waals surface area contributed by atoms with Crippen LogP contribution in [-0.4, -0.2) is 81.9 Å². The zero-order valence-corrected chi connectivity index (χ0v) is 22.2. The number of nitrogens with two attached hydrogens (primary N) is 1. The van der Waals surface area contributed by atoms with Crippen LogP contribution in [0.4, 0.5) is 5.69 Å². The van der Waals surface area contributed by atoms with Crippen molar-refractivity contribution in [2.45, 2.75) is 24.5 Å². The van der Waals surface area contributed by atoms with E-state index in [4.69, 9.17) is 5.73 Å². The third-order valence-electron chi connectivity index (χ3n) is 8.16. The van der Waals surface area contributed by atoms with Gasteiger partial charge in [-0.2, -0.15) is 0 Å². The molecule has 0 spiro atoms. The molecule has 3 aliphatic rings. The van der Waals surface area contributed by atoms with Crippen molar-refractivity contribution in [2.24, 2.45) is 22.6 Å². The average molecular weight is 547 g/mol. The van der Waals surface area contributed by atoms with Crippen LogP contribution in [0.1, 0.15) is 17.5 Å². The lowest BCUT2D eigenvalue weighted by molar-refractivity contribution is -0.153. The summed E-state index contributed by atoms with van der Waals surface area (Å²) in [6.45, 7) is 0. The average Bonchev–Trinajstić information content (AvgIpc) is 2.89. The Morgan fingerprint density at radius 2 is 1.80 bits per heavy atom. The van der Waals surface area contributed by atoms with E-state index in [0.717, 1.165) is 16.8 Å². The summed E-state index contributed by atoms with van der Waals surface area (Å²) in [7, 11) is 4.77. The van der Waals surface area contributed by atoms with Crippen molar-refractivity contribution >= 4 is 35.3 Å². The van der Waals surface area contributed by atoms with E-state index in [1.165, 1.54) is 11.0 Å². The van der Waals surface area contributed by atoms with E-state index < -0.39 is 58.0 Å². The van der Waals surface area contributed by atoms with E-state index in [9.17, 15) is 34.8 Å². The van der Waals surface area contributed by atoms with Gasteiger partial charge in [0, 0.05) is 24.2 Å². The second-order valence-electron chi connectivity index (χ2n) is 10.6. The molecule has 2 aromatic rings. The number of phenols is 1. The Morgan fingerprint density at radius 3 is 2.40 bits per heavy atom. The fourth-order valence-electron chi connectivity index (χ4n) is 6.40. The number of aliphatic hydroxyl groups is 3. The van der Waals surface area contributed by atoms with Gasteiger partial charge in [-0.25, -0.2) is 0 Å². The first-order valence-corrected chi connectivity index (χ1v) is 12.7. The van der Waals surface area contributed by atoms with Crippen LogP contribution in [0.15, 0.2) is 58.3 Å². The SMILES string of the molecule is CN=CNc1ccc(-c2ccc(O)c3c2CC2CC4C(N(C)C)C(=O)C(C(N)=O)=C(O)C4(O)C(=O)C2=C3O)cc1. The van der Waals surface area contributed by atoms with Crippen LogP contribution in [0.5, 0.6) is 5.75 Å². The van der Waals surface area contributed by atoms with Gasteiger partial charge in [-0.3, -0.25) is 24.3 Å². The summed E-state index contributed by atoms with van der Waals surface area (Å²) in [5.41, 5.74) is 4.66. The van der Waals surface area contributed by atoms with Crippen molar-refractivity contribution in [1.82, 2.24) is 4.90 Å². The third-order valence-corrected chi connectivity index (χ3v) is 8.16. The zero-order valence-electron chi connectivity index (χ0n) is 22.2. The van der Waals surface area contributed by atoms with E-state index in [-0.39, 0.29) is 29.7 Å². The van der Waals surface area contributed by atoms with Crippen LogP contribution in [0.3, 0.4) is 0 Å². The highest BCUT2D eigenvalue weighted by Gasteiger charge is 2.64. The number of ketones is 2. The van der Waals surface area contributed by atoms with Crippen molar-refractivity contribution in [3.05, 3.63) is 64.4 Å². The molecule has 7 N–H and O–H groups in total. The lowest BCUT2D eigenvalue weighted by Crippen LogP contribution is -2.65. The van der Waals surface area contributed by atoms with Gasteiger partial charge in [0.25, 0.3) is 5.91 Å². The molecule has 0 saturated heterocycles. The number of primary amides is 1. The Morgan fingerprint density at radius 1 is 1.12 bits per heavy atom. The number of aliphatic hydroxyl groups excluding tert-OH is 2. The molecule has 5 rings (SSSR count). The number of likely N-dealkylation sites (N-methyl/N-ethyl adjacent to an activating group) is 1. The minimum atomic E-state index is -2.66. The smallest absolute Gasteiger partial charge is 0.255 e. The number of rotatable bonds is 5. The maximum atomic E-state index is 13.9. The standard InChI is InChI=1S/C29H30N4O7/c1-31-12-32-15-6-4-13(5-7-15)16-8-9-19(34)21-17(16)10-14-11-18-23(33(2)3)25(36)22(28(30)39)27(38)29(18,40)26(37)20(14)24(21)35/h4-9,12,14,18,23,34-35,38,40H,10-11H2,1-3H3,(H2,30,39)(H,31,32). The van der Waals surface area contributed by atoms with Gasteiger partial charge in [0.05, 0.1) is 17.9 Å². The second kappa shape index (κ2) is 9.61. The first kappa shape index (κ1) is 27.1. The number of hydrogen-bond donors (Lipinski definition) is 6. The van der Waals surface area contributed by atoms with E-state index >= 15 is 0 Å². The Labute approximate surface area is 230 Å². The van der Waals surface area contributed by atoms with E-state index in [1.54, 1.807) is 33.5 Å². The number of anilines is 1. The highest BCUT2D eigenvalue weighted by atomic mass is 16.3. The van der Waals surface area contributed by atoms with Crippen LogP contribution >= 0.6 is 0 Å². The van der Waals surface area contributed by atoms with Gasteiger partial charge in [-0.1, -0.05) is 18.2 Å². The minimum absolute atomic E-state index is 0.0278. The van der Waals surface area contributed by atoms with Gasteiger partial charge in [0.15, 0.2) is 11.4 Å². The van der Waals surface area contributed by atoms with E-state index in [2.05, 4.69) is 10.3 Å². The van der Waals surface area contributed by atoms with E-state index in [1.807, 2.05) is 24.3 Å². The summed E-state index contributed by atoms with van der Waals surface area (Å²) < 4.78 is 0. The van der Waals surface area contributed by atoms with Crippen molar-refractivity contribution in [1.29, 1.82) is 0 Å². The maximum Gasteiger partial charge on any atom is 0.255 e. The largest absolute Gasteiger partial charge is 0.508 e. The lowest BCUT2D eigenvalue weighted by Gasteiger charge is -2.50. The summed E-state index contributed by atoms with van der Waals surface area (Å²) in [6.07, 6.45) is 1.79. The molecular formula is C29H30N4O7. The summed E-state index contributed by atoms with van der Waals surface area (Å²) in [5.74, 6) is -6.76. The molecule has 40 heavy (non-hydrogen) atoms. The molecule has 0 aliphatic heterocycles. The third kappa shape index (κ3) is 3.81. The number of fused-ring (bicyclic) bond motifs is 3. The molecular weight excluding hydrogens is 516 g/mol. The van der Waals surface area contributed by atoms with Gasteiger partial charge < -0.3 is 31.5 Å². The van der Waals surface area contributed by atoms with Crippen molar-refractivity contribution in [3.63, 3.8) is 0 Å². The van der Waals surface area contributed by atoms with Gasteiger partial charge >= 0.3 is 0 Å². The Kier molecular flexibility index (Phi) is 6.51. The molecule has 1 amide bonds. The molecule has 0 aromatic heterocycles. The molecule has 11 nitrogen and oxygen atoms in total. The van der Waals surface area contributed by atoms with Gasteiger partial charge in [0.1, 0.15) is 22.8 Å². The van der Waals surface area contributed by atoms with Gasteiger partial charge in [-0.15, -0.1) is 0 Å². The minimum Gasteiger partial charge on any atom is -0.508 e. The Hall–Kier alpha value is -4.48. The fraction of sp³-hybridized carbons (Fsp3) is 0.310. The summed E-state index contributed by atoms with van der Waals surface area (Å²) in [6, 6.07) is 9.45. The monoisotopic (exact) mass is 546 g/mol. The molecule has 11 heteroatoms. The predicted octanol–water partition coefficient (Wildman–Crippen LogP) is 1.70. The summed E-state index contributed by atoms with van der Waals surface area (Å²) in [4.78, 5) is 44.6. The number of Topliss-reactive ketones (excluding diaryl/α,β-unsaturated/α-hetero) is 2. The molecule has 4 atom stereocenters. The number of nitrogens with one attached hydrogen (secondary N) is 1.